The van der Waals surface area contributed by atoms with Crippen LogP contribution >= 0.6 is 11.3 Å². The molecule has 1 aromatic carbocycles. The zero-order valence-corrected chi connectivity index (χ0v) is 9.78. The van der Waals surface area contributed by atoms with E-state index in [4.69, 9.17) is 10.5 Å². The summed E-state index contributed by atoms with van der Waals surface area (Å²) in [5, 5.41) is 9.17. The number of hydrogen-bond donors (Lipinski definition) is 1. The molecule has 0 radical (unpaired) electrons. The van der Waals surface area contributed by atoms with Crippen LogP contribution in [0.5, 0.6) is 5.19 Å². The molecule has 0 bridgehead atoms. The van der Waals surface area contributed by atoms with Crippen molar-refractivity contribution in [3.05, 3.63) is 40.9 Å². The quantitative estimate of drug-likeness (QED) is 0.882. The molecule has 0 fully saturated rings. The largest absolute Gasteiger partial charge is 0.461 e. The Labute approximate surface area is 98.1 Å². The van der Waals surface area contributed by atoms with E-state index in [0.29, 0.717) is 11.7 Å². The van der Waals surface area contributed by atoms with E-state index in [0.717, 1.165) is 10.6 Å². The lowest BCUT2D eigenvalue weighted by molar-refractivity contribution is 0.224. The van der Waals surface area contributed by atoms with Crippen LogP contribution in [-0.2, 0) is 6.54 Å². The van der Waals surface area contributed by atoms with Crippen molar-refractivity contribution in [2.24, 2.45) is 5.73 Å². The van der Waals surface area contributed by atoms with Crippen molar-refractivity contribution >= 4 is 11.3 Å². The zero-order valence-electron chi connectivity index (χ0n) is 8.96. The average molecular weight is 235 g/mol. The summed E-state index contributed by atoms with van der Waals surface area (Å²) in [7, 11) is 0. The Morgan fingerprint density at radius 2 is 2.06 bits per heavy atom. The first-order chi connectivity index (χ1) is 7.79. The monoisotopic (exact) mass is 235 g/mol. The molecule has 0 saturated carbocycles. The molecule has 84 valence electrons. The van der Waals surface area contributed by atoms with Gasteiger partial charge in [0.05, 0.1) is 0 Å². The number of nitrogens with zero attached hydrogens (tertiary/aromatic N) is 2. The molecule has 0 saturated heterocycles. The van der Waals surface area contributed by atoms with Crippen molar-refractivity contribution in [1.29, 1.82) is 0 Å². The van der Waals surface area contributed by atoms with Crippen LogP contribution in [0.25, 0.3) is 0 Å². The van der Waals surface area contributed by atoms with Crippen molar-refractivity contribution in [1.82, 2.24) is 10.2 Å². The lowest BCUT2D eigenvalue weighted by Gasteiger charge is -2.11. The highest BCUT2D eigenvalue weighted by Gasteiger charge is 2.10. The fourth-order valence-corrected chi connectivity index (χ4v) is 1.95. The summed E-state index contributed by atoms with van der Waals surface area (Å²) >= 11 is 1.39. The van der Waals surface area contributed by atoms with Crippen LogP contribution in [0.2, 0.25) is 0 Å². The third kappa shape index (κ3) is 2.56. The van der Waals surface area contributed by atoms with Gasteiger partial charge in [-0.15, -0.1) is 5.10 Å². The lowest BCUT2D eigenvalue weighted by atomic mass is 10.1. The van der Waals surface area contributed by atoms with E-state index in [-0.39, 0.29) is 6.10 Å². The number of nitrogens with two attached hydrogens (primary N) is 1. The zero-order chi connectivity index (χ0) is 11.4. The van der Waals surface area contributed by atoms with Gasteiger partial charge >= 0.3 is 0 Å². The molecule has 0 amide bonds. The third-order valence-electron chi connectivity index (χ3n) is 2.17. The smallest absolute Gasteiger partial charge is 0.294 e. The van der Waals surface area contributed by atoms with Gasteiger partial charge in [0.15, 0.2) is 0 Å². The molecule has 0 spiro atoms. The predicted molar refractivity (Wildman–Crippen MR) is 63.3 cm³/mol. The Morgan fingerprint density at radius 1 is 1.31 bits per heavy atom. The van der Waals surface area contributed by atoms with Crippen LogP contribution in [0.4, 0.5) is 0 Å². The maximum atomic E-state index is 5.67. The lowest BCUT2D eigenvalue weighted by Crippen LogP contribution is -2.02. The first kappa shape index (κ1) is 11.0. The van der Waals surface area contributed by atoms with Gasteiger partial charge in [0.25, 0.3) is 5.19 Å². The Morgan fingerprint density at radius 3 is 2.69 bits per heavy atom. The van der Waals surface area contributed by atoms with Gasteiger partial charge in [-0.2, -0.15) is 0 Å². The van der Waals surface area contributed by atoms with Crippen molar-refractivity contribution in [2.75, 3.05) is 0 Å². The van der Waals surface area contributed by atoms with Crippen molar-refractivity contribution in [3.8, 4) is 5.19 Å². The summed E-state index contributed by atoms with van der Waals surface area (Å²) in [4.78, 5) is 0. The van der Waals surface area contributed by atoms with Gasteiger partial charge in [0.2, 0.25) is 0 Å². The van der Waals surface area contributed by atoms with Gasteiger partial charge < -0.3 is 10.5 Å². The van der Waals surface area contributed by atoms with Gasteiger partial charge in [-0.3, -0.25) is 0 Å². The van der Waals surface area contributed by atoms with Crippen molar-refractivity contribution in [3.63, 3.8) is 0 Å². The molecule has 1 unspecified atom stereocenters. The molecule has 1 heterocycles. The molecule has 4 nitrogen and oxygen atoms in total. The van der Waals surface area contributed by atoms with Crippen LogP contribution in [0.3, 0.4) is 0 Å². The van der Waals surface area contributed by atoms with Crippen LogP contribution in [0.15, 0.2) is 30.3 Å². The average Bonchev–Trinajstić information content (AvgIpc) is 2.78. The minimum Gasteiger partial charge on any atom is -0.461 e. The molecule has 0 aliphatic rings. The fraction of sp³-hybridized carbons (Fsp3) is 0.273. The Kier molecular flexibility index (Phi) is 3.48. The number of aromatic nitrogens is 2. The van der Waals surface area contributed by atoms with E-state index in [1.807, 2.05) is 37.3 Å². The SMILES string of the molecule is CC(Oc1nnc(CN)s1)c1ccccc1. The standard InChI is InChI=1S/C11H13N3OS/c1-8(9-5-3-2-4-6-9)15-11-14-13-10(7-12)16-11/h2-6,8H,7,12H2,1H3. The molecular formula is C11H13N3OS. The molecule has 5 heteroatoms. The molecule has 1 aromatic heterocycles. The molecule has 2 rings (SSSR count). The van der Waals surface area contributed by atoms with E-state index in [1.165, 1.54) is 11.3 Å². The van der Waals surface area contributed by atoms with Crippen LogP contribution in [0, 0.1) is 0 Å². The molecule has 0 aliphatic carbocycles. The van der Waals surface area contributed by atoms with E-state index in [2.05, 4.69) is 10.2 Å². The summed E-state index contributed by atoms with van der Waals surface area (Å²) in [6.45, 7) is 2.39. The van der Waals surface area contributed by atoms with Crippen LogP contribution in [0.1, 0.15) is 23.6 Å². The van der Waals surface area contributed by atoms with Crippen molar-refractivity contribution < 1.29 is 4.74 Å². The van der Waals surface area contributed by atoms with E-state index in [9.17, 15) is 0 Å². The minimum atomic E-state index is -0.0280. The minimum absolute atomic E-state index is 0.0280. The molecular weight excluding hydrogens is 222 g/mol. The second kappa shape index (κ2) is 5.05. The summed E-state index contributed by atoms with van der Waals surface area (Å²) in [6, 6.07) is 10.00. The van der Waals surface area contributed by atoms with Gasteiger partial charge in [-0.1, -0.05) is 46.8 Å². The van der Waals surface area contributed by atoms with Gasteiger partial charge in [-0.25, -0.2) is 0 Å². The summed E-state index contributed by atoms with van der Waals surface area (Å²) in [5.74, 6) is 0. The molecule has 2 N–H and O–H groups in total. The summed E-state index contributed by atoms with van der Waals surface area (Å²) < 4.78 is 5.67. The van der Waals surface area contributed by atoms with Crippen molar-refractivity contribution in [2.45, 2.75) is 19.6 Å². The number of ether oxygens (including phenoxy) is 1. The van der Waals surface area contributed by atoms with Gasteiger partial charge in [0, 0.05) is 6.54 Å². The first-order valence-corrected chi connectivity index (χ1v) is 5.85. The number of hydrogen-bond acceptors (Lipinski definition) is 5. The number of benzene rings is 1. The van der Waals surface area contributed by atoms with Crippen LogP contribution in [-0.4, -0.2) is 10.2 Å². The van der Waals surface area contributed by atoms with Crippen LogP contribution < -0.4 is 10.5 Å². The van der Waals surface area contributed by atoms with E-state index >= 15 is 0 Å². The highest BCUT2D eigenvalue weighted by atomic mass is 32.1. The van der Waals surface area contributed by atoms with Gasteiger partial charge in [0.1, 0.15) is 11.1 Å². The Bertz CT molecular complexity index is 444. The fourth-order valence-electron chi connectivity index (χ4n) is 1.31. The predicted octanol–water partition coefficient (Wildman–Crippen LogP) is 2.14. The normalized spacial score (nSPS) is 12.4. The summed E-state index contributed by atoms with van der Waals surface area (Å²) in [6.07, 6.45) is -0.0280. The second-order valence-electron chi connectivity index (χ2n) is 3.34. The maximum absolute atomic E-state index is 5.67. The molecule has 1 atom stereocenters. The molecule has 16 heavy (non-hydrogen) atoms. The second-order valence-corrected chi connectivity index (χ2v) is 4.36. The highest BCUT2D eigenvalue weighted by Crippen LogP contribution is 2.24. The first-order valence-electron chi connectivity index (χ1n) is 5.03. The Balaban J connectivity index is 2.05. The third-order valence-corrected chi connectivity index (χ3v) is 3.01. The van der Waals surface area contributed by atoms with E-state index in [1.54, 1.807) is 0 Å². The number of rotatable bonds is 4. The molecule has 2 aromatic rings. The van der Waals surface area contributed by atoms with Gasteiger partial charge in [-0.05, 0) is 12.5 Å². The van der Waals surface area contributed by atoms with E-state index < -0.39 is 0 Å². The molecule has 0 aliphatic heterocycles. The highest BCUT2D eigenvalue weighted by molar-refractivity contribution is 7.13. The Hall–Kier alpha value is -1.46. The summed E-state index contributed by atoms with van der Waals surface area (Å²) in [5.41, 5.74) is 6.58. The topological polar surface area (TPSA) is 61.0 Å². The maximum Gasteiger partial charge on any atom is 0.294 e.